The van der Waals surface area contributed by atoms with Crippen LogP contribution in [0.15, 0.2) is 30.3 Å². The molecular weight excluding hydrogens is 446 g/mol. The number of hydrogen-bond donors (Lipinski definition) is 0. The number of fused-ring (bicyclic) bond motifs is 3. The molecule has 0 aromatic heterocycles. The molecule has 9 heteroatoms. The standard InChI is InChI=1S/C24H29NO7S/c1-23(2)15-10-11-24(23,20(26)12-15)14-33(28,29)32-25(3)22(27)18-13-19(30-4)16-8-6-7-9-17(16)21(18)31-5/h6-9,13,15H,10-12,14H2,1-5H3. The molecule has 0 radical (unpaired) electrons. The number of nitrogens with zero attached hydrogens (tertiary/aromatic N) is 1. The molecule has 0 N–H and O–H groups in total. The topological polar surface area (TPSA) is 99.2 Å². The minimum absolute atomic E-state index is 0.0363. The molecule has 2 aliphatic carbocycles. The van der Waals surface area contributed by atoms with Crippen molar-refractivity contribution in [2.45, 2.75) is 33.1 Å². The lowest BCUT2D eigenvalue weighted by molar-refractivity contribution is -0.128. The van der Waals surface area contributed by atoms with Gasteiger partial charge in [0, 0.05) is 24.2 Å². The van der Waals surface area contributed by atoms with Crippen LogP contribution in [0.4, 0.5) is 0 Å². The predicted molar refractivity (Wildman–Crippen MR) is 123 cm³/mol. The number of hydroxylamine groups is 2. The number of Topliss-reactive ketones (excluding diaryl/α,β-unsaturated/α-hetero) is 1. The lowest BCUT2D eigenvalue weighted by atomic mass is 9.70. The molecule has 33 heavy (non-hydrogen) atoms. The number of ketones is 1. The van der Waals surface area contributed by atoms with Crippen molar-refractivity contribution in [2.75, 3.05) is 27.0 Å². The Morgan fingerprint density at radius 1 is 1.15 bits per heavy atom. The molecule has 2 saturated carbocycles. The van der Waals surface area contributed by atoms with Gasteiger partial charge in [-0.1, -0.05) is 38.1 Å². The van der Waals surface area contributed by atoms with Crippen LogP contribution < -0.4 is 9.47 Å². The third-order valence-corrected chi connectivity index (χ3v) is 8.98. The number of methoxy groups -OCH3 is 2. The summed E-state index contributed by atoms with van der Waals surface area (Å²) in [6.45, 7) is 3.90. The molecule has 2 bridgehead atoms. The monoisotopic (exact) mass is 475 g/mol. The van der Waals surface area contributed by atoms with Crippen molar-refractivity contribution in [3.63, 3.8) is 0 Å². The molecule has 0 saturated heterocycles. The van der Waals surface area contributed by atoms with Crippen LogP contribution in [0.2, 0.25) is 0 Å². The maximum Gasteiger partial charge on any atom is 0.289 e. The van der Waals surface area contributed by atoms with E-state index in [1.165, 1.54) is 27.3 Å². The summed E-state index contributed by atoms with van der Waals surface area (Å²) in [5.74, 6) is -0.287. The number of hydrogen-bond acceptors (Lipinski definition) is 7. The Bertz CT molecular complexity index is 1240. The summed E-state index contributed by atoms with van der Waals surface area (Å²) in [6, 6.07) is 8.77. The van der Waals surface area contributed by atoms with Gasteiger partial charge in [-0.3, -0.25) is 9.59 Å². The SMILES string of the molecule is COc1cc(C(=O)N(C)OS(=O)(=O)CC23CCC(CC2=O)C3(C)C)c(OC)c2ccccc12. The van der Waals surface area contributed by atoms with Crippen LogP contribution in [-0.4, -0.2) is 52.2 Å². The van der Waals surface area contributed by atoms with E-state index in [1.807, 2.05) is 26.0 Å². The van der Waals surface area contributed by atoms with Crippen molar-refractivity contribution < 1.29 is 31.8 Å². The Kier molecular flexibility index (Phi) is 5.69. The van der Waals surface area contributed by atoms with E-state index in [0.717, 1.165) is 11.8 Å². The van der Waals surface area contributed by atoms with E-state index in [1.54, 1.807) is 12.1 Å². The molecule has 2 fully saturated rings. The first-order valence-electron chi connectivity index (χ1n) is 10.8. The molecule has 2 atom stereocenters. The van der Waals surface area contributed by atoms with Gasteiger partial charge in [0.1, 0.15) is 17.3 Å². The summed E-state index contributed by atoms with van der Waals surface area (Å²) in [5.41, 5.74) is -1.32. The highest BCUT2D eigenvalue weighted by atomic mass is 32.2. The molecule has 1 amide bonds. The average molecular weight is 476 g/mol. The molecule has 2 unspecified atom stereocenters. The van der Waals surface area contributed by atoms with Gasteiger partial charge in [-0.25, -0.2) is 5.06 Å². The zero-order valence-corrected chi connectivity index (χ0v) is 20.3. The van der Waals surface area contributed by atoms with Gasteiger partial charge >= 0.3 is 0 Å². The molecular formula is C24H29NO7S. The van der Waals surface area contributed by atoms with E-state index in [0.29, 0.717) is 29.0 Å². The summed E-state index contributed by atoms with van der Waals surface area (Å²) in [6.07, 6.45) is 1.72. The zero-order valence-electron chi connectivity index (χ0n) is 19.5. The van der Waals surface area contributed by atoms with Gasteiger partial charge in [0.15, 0.2) is 0 Å². The lowest BCUT2D eigenvalue weighted by Crippen LogP contribution is -2.44. The van der Waals surface area contributed by atoms with Gasteiger partial charge in [0.05, 0.1) is 31.0 Å². The number of carbonyl (C=O) groups excluding carboxylic acids is 2. The van der Waals surface area contributed by atoms with Crippen LogP contribution in [0.1, 0.15) is 43.5 Å². The van der Waals surface area contributed by atoms with Gasteiger partial charge in [-0.2, -0.15) is 8.42 Å². The van der Waals surface area contributed by atoms with Crippen molar-refractivity contribution in [1.29, 1.82) is 0 Å². The number of ether oxygens (including phenoxy) is 2. The largest absolute Gasteiger partial charge is 0.496 e. The van der Waals surface area contributed by atoms with Crippen LogP contribution in [0, 0.1) is 16.7 Å². The van der Waals surface area contributed by atoms with Crippen molar-refractivity contribution >= 4 is 32.6 Å². The summed E-state index contributed by atoms with van der Waals surface area (Å²) < 4.78 is 42.2. The molecule has 8 nitrogen and oxygen atoms in total. The molecule has 0 heterocycles. The number of benzene rings is 2. The summed E-state index contributed by atoms with van der Waals surface area (Å²) in [7, 11) is -0.0724. The maximum absolute atomic E-state index is 13.2. The van der Waals surface area contributed by atoms with Crippen LogP contribution >= 0.6 is 0 Å². The van der Waals surface area contributed by atoms with E-state index in [9.17, 15) is 18.0 Å². The molecule has 4 rings (SSSR count). The fraction of sp³-hybridized carbons (Fsp3) is 0.500. The molecule has 2 aromatic rings. The van der Waals surface area contributed by atoms with E-state index >= 15 is 0 Å². The molecule has 0 aliphatic heterocycles. The fourth-order valence-corrected chi connectivity index (χ4v) is 7.42. The number of rotatable bonds is 7. The number of carbonyl (C=O) groups is 2. The minimum atomic E-state index is -4.23. The van der Waals surface area contributed by atoms with E-state index < -0.39 is 32.6 Å². The fourth-order valence-electron chi connectivity index (χ4n) is 5.67. The van der Waals surface area contributed by atoms with Crippen molar-refractivity contribution in [2.24, 2.45) is 16.7 Å². The van der Waals surface area contributed by atoms with Gasteiger partial charge in [0.2, 0.25) is 0 Å². The average Bonchev–Trinajstić information content (AvgIpc) is 3.11. The smallest absolute Gasteiger partial charge is 0.289 e. The van der Waals surface area contributed by atoms with Gasteiger partial charge in [-0.05, 0) is 30.2 Å². The quantitative estimate of drug-likeness (QED) is 0.564. The summed E-state index contributed by atoms with van der Waals surface area (Å²) >= 11 is 0. The number of amides is 1. The maximum atomic E-state index is 13.2. The van der Waals surface area contributed by atoms with Gasteiger partial charge in [0.25, 0.3) is 16.0 Å². The van der Waals surface area contributed by atoms with E-state index in [-0.39, 0.29) is 23.0 Å². The van der Waals surface area contributed by atoms with Crippen LogP contribution in [0.5, 0.6) is 11.5 Å². The van der Waals surface area contributed by atoms with Crippen LogP contribution in [-0.2, 0) is 19.2 Å². The van der Waals surface area contributed by atoms with E-state index in [2.05, 4.69) is 0 Å². The molecule has 2 aromatic carbocycles. The van der Waals surface area contributed by atoms with Gasteiger partial charge in [-0.15, -0.1) is 4.28 Å². The second kappa shape index (κ2) is 7.99. The Hall–Kier alpha value is -2.65. The highest BCUT2D eigenvalue weighted by Gasteiger charge is 2.65. The van der Waals surface area contributed by atoms with Crippen molar-refractivity contribution in [3.8, 4) is 11.5 Å². The zero-order chi connectivity index (χ0) is 24.2. The summed E-state index contributed by atoms with van der Waals surface area (Å²) in [4.78, 5) is 26.0. The second-order valence-corrected chi connectivity index (χ2v) is 11.0. The normalized spacial score (nSPS) is 23.7. The third kappa shape index (κ3) is 3.58. The minimum Gasteiger partial charge on any atom is -0.496 e. The summed E-state index contributed by atoms with van der Waals surface area (Å²) in [5, 5.41) is 2.08. The Labute approximate surface area is 193 Å². The first-order valence-corrected chi connectivity index (χ1v) is 12.4. The van der Waals surface area contributed by atoms with Crippen LogP contribution in [0.3, 0.4) is 0 Å². The first-order chi connectivity index (χ1) is 15.5. The second-order valence-electron chi connectivity index (χ2n) is 9.45. The Morgan fingerprint density at radius 2 is 1.82 bits per heavy atom. The van der Waals surface area contributed by atoms with Crippen molar-refractivity contribution in [3.05, 3.63) is 35.9 Å². The third-order valence-electron chi connectivity index (χ3n) is 7.69. The molecule has 178 valence electrons. The highest BCUT2D eigenvalue weighted by molar-refractivity contribution is 7.86. The van der Waals surface area contributed by atoms with Gasteiger partial charge < -0.3 is 9.47 Å². The van der Waals surface area contributed by atoms with Crippen molar-refractivity contribution in [1.82, 2.24) is 5.06 Å². The Balaban J connectivity index is 1.63. The highest BCUT2D eigenvalue weighted by Crippen LogP contribution is 2.64. The van der Waals surface area contributed by atoms with Crippen LogP contribution in [0.25, 0.3) is 10.8 Å². The Morgan fingerprint density at radius 3 is 2.36 bits per heavy atom. The molecule has 2 aliphatic rings. The predicted octanol–water partition coefficient (Wildman–Crippen LogP) is 3.59. The molecule has 0 spiro atoms. The van der Waals surface area contributed by atoms with E-state index in [4.69, 9.17) is 13.8 Å². The lowest BCUT2D eigenvalue weighted by Gasteiger charge is -2.36. The first kappa shape index (κ1) is 23.5.